The van der Waals surface area contributed by atoms with Gasteiger partial charge in [-0.05, 0) is 268 Å². The van der Waals surface area contributed by atoms with Gasteiger partial charge >= 0.3 is 0 Å². The number of hydrogen-bond donors (Lipinski definition) is 0. The minimum Gasteiger partial charge on any atom is -0.456 e. The predicted octanol–water partition coefficient (Wildman–Crippen LogP) is 34.8. The summed E-state index contributed by atoms with van der Waals surface area (Å²) >= 11 is 0. The Hall–Kier alpha value is -18.2. The molecule has 0 radical (unpaired) electrons. The van der Waals surface area contributed by atoms with Crippen molar-refractivity contribution in [3.05, 3.63) is 455 Å². The molecule has 0 saturated heterocycles. The van der Waals surface area contributed by atoms with Gasteiger partial charge in [0.05, 0.1) is 55.2 Å². The lowest BCUT2D eigenvalue weighted by molar-refractivity contribution is 0.668. The van der Waals surface area contributed by atoms with Crippen LogP contribution in [0.5, 0.6) is 0 Å². The Kier molecular flexibility index (Phi) is 16.1. The van der Waals surface area contributed by atoms with Crippen LogP contribution in [-0.2, 0) is 0 Å². The maximum atomic E-state index is 6.58. The van der Waals surface area contributed by atoms with Crippen LogP contribution in [0.3, 0.4) is 0 Å². The second kappa shape index (κ2) is 29.2. The van der Waals surface area contributed by atoms with E-state index in [-0.39, 0.29) is 0 Å². The van der Waals surface area contributed by atoms with Crippen LogP contribution in [0.25, 0.3) is 281 Å². The van der Waals surface area contributed by atoms with Crippen molar-refractivity contribution in [2.24, 2.45) is 0 Å². The number of furan rings is 4. The van der Waals surface area contributed by atoms with Gasteiger partial charge in [-0.15, -0.1) is 0 Å². The van der Waals surface area contributed by atoms with Crippen molar-refractivity contribution < 1.29 is 17.7 Å². The summed E-state index contributed by atoms with van der Waals surface area (Å²) < 4.78 is 37.9. The molecule has 30 aromatic rings. The van der Waals surface area contributed by atoms with Crippen molar-refractivity contribution in [3.8, 4) is 84.1 Å². The highest BCUT2D eigenvalue weighted by atomic mass is 16.3. The molecule has 0 unspecified atom stereocenters. The number of aromatic nitrogens is 5. The molecule has 0 bridgehead atoms. The molecule has 0 aliphatic heterocycles. The van der Waals surface area contributed by atoms with Crippen molar-refractivity contribution in [1.29, 1.82) is 0 Å². The molecule has 0 atom stereocenters. The first-order valence-corrected chi connectivity index (χ1v) is 46.0. The number of fused-ring (bicyclic) bond motifs is 27. The molecule has 9 heterocycles. The van der Waals surface area contributed by atoms with E-state index < -0.39 is 0 Å². The highest BCUT2D eigenvalue weighted by molar-refractivity contribution is 6.18. The fourth-order valence-corrected chi connectivity index (χ4v) is 22.2. The molecule has 0 fully saturated rings. The van der Waals surface area contributed by atoms with Crippen LogP contribution in [-0.4, -0.2) is 22.8 Å². The van der Waals surface area contributed by atoms with Gasteiger partial charge in [-0.1, -0.05) is 243 Å². The van der Waals surface area contributed by atoms with Gasteiger partial charge in [0.15, 0.2) is 0 Å². The van der Waals surface area contributed by atoms with Crippen molar-refractivity contribution in [1.82, 2.24) is 22.8 Å². The maximum Gasteiger partial charge on any atom is 0.135 e. The monoisotopic (exact) mass is 1720 g/mol. The van der Waals surface area contributed by atoms with Crippen molar-refractivity contribution in [3.63, 3.8) is 0 Å². The zero-order valence-electron chi connectivity index (χ0n) is 72.7. The second-order valence-corrected chi connectivity index (χ2v) is 35.8. The maximum absolute atomic E-state index is 6.58. The van der Waals surface area contributed by atoms with Gasteiger partial charge in [-0.25, -0.2) is 0 Å². The van der Waals surface area contributed by atoms with Crippen LogP contribution in [0.15, 0.2) is 473 Å². The fraction of sp³-hybridized carbons (Fsp3) is 0. The van der Waals surface area contributed by atoms with Crippen LogP contribution in [0.1, 0.15) is 0 Å². The molecule has 0 aliphatic carbocycles. The molecule has 628 valence electrons. The Labute approximate surface area is 771 Å². The molecule has 9 heteroatoms. The summed E-state index contributed by atoms with van der Waals surface area (Å²) in [5.74, 6) is 0. The fourth-order valence-electron chi connectivity index (χ4n) is 22.2. The van der Waals surface area contributed by atoms with E-state index in [1.807, 2.05) is 0 Å². The summed E-state index contributed by atoms with van der Waals surface area (Å²) in [4.78, 5) is 0. The first kappa shape index (κ1) is 74.7. The number of rotatable bonds is 10. The smallest absolute Gasteiger partial charge is 0.135 e. The van der Waals surface area contributed by atoms with Crippen molar-refractivity contribution >= 4 is 197 Å². The van der Waals surface area contributed by atoms with Crippen LogP contribution in [0, 0.1) is 0 Å². The first-order chi connectivity index (χ1) is 66.9. The molecule has 0 saturated carbocycles. The number of hydrogen-bond acceptors (Lipinski definition) is 4. The van der Waals surface area contributed by atoms with Gasteiger partial charge in [0.2, 0.25) is 0 Å². The molecule has 0 aliphatic rings. The number of para-hydroxylation sites is 10. The summed E-state index contributed by atoms with van der Waals surface area (Å²) in [5.41, 5.74) is 35.7. The summed E-state index contributed by atoms with van der Waals surface area (Å²) in [6.45, 7) is 0. The average Bonchev–Trinajstić information content (AvgIpc) is 1.59. The third kappa shape index (κ3) is 11.6. The van der Waals surface area contributed by atoms with Crippen LogP contribution in [0.2, 0.25) is 0 Å². The van der Waals surface area contributed by atoms with Crippen LogP contribution in [0.4, 0.5) is 0 Å². The average molecular weight is 1720 g/mol. The highest BCUT2D eigenvalue weighted by Gasteiger charge is 2.24. The minimum atomic E-state index is 0.861. The SMILES string of the molecule is c1cc(-c2cccc(-c3ccc4oc5ccc(-n6c7ccccc7c7ccccc76)cc5c4c3)c2)cc(-c2ccc3oc4ccc(-n5c6ccccc6c6ccccc65)cc4c3c2)c1.c1ccc2c(c1)c1ccccc1n2-c1cc(-c2ccc3oc4ccc(-n5c6ccccc6c6ccccc65)cc4c3c2)cc(-c2ccc3oc4ccc(-n5c6ccccc6c6ccccc65)cc4c3c2)c1. The Bertz CT molecular complexity index is 9480. The molecule has 0 amide bonds. The van der Waals surface area contributed by atoms with Gasteiger partial charge in [0, 0.05) is 125 Å². The zero-order valence-corrected chi connectivity index (χ0v) is 72.7. The molecule has 135 heavy (non-hydrogen) atoms. The standard InChI is InChI=1S/C66H39N3O2.C60H36N2O2/c1-7-19-57-47(13-1)48-14-2-8-20-58(48)67(57)44-27-31-65-55(38-44)53-36-40(25-29-63(53)70-65)42-33-43(35-46(34-42)69-61-23-11-5-17-51(61)52-18-6-12-24-62(52)69)41-26-30-64-54(37-41)56-39-45(28-32-66(56)71-64)68-59-21-9-3-15-49(59)50-16-4-10-22-60(50)68;1-5-19-53-45(15-1)46-16-2-6-20-54(46)61(53)43-25-29-59-51(35-43)49-33-41(23-27-57(49)63-59)39-13-9-11-37(31-39)38-12-10-14-40(32-38)42-24-28-58-50(34-42)52-36-44(26-30-60(52)64-58)62-55-21-7-3-17-47(55)48-18-4-8-22-56(48)62/h1-39H;1-36H. The third-order valence-electron chi connectivity index (χ3n) is 28.3. The van der Waals surface area contributed by atoms with Crippen molar-refractivity contribution in [2.45, 2.75) is 0 Å². The predicted molar refractivity (Wildman–Crippen MR) is 561 cm³/mol. The molecule has 9 nitrogen and oxygen atoms in total. The van der Waals surface area contributed by atoms with Gasteiger partial charge in [-0.2, -0.15) is 0 Å². The summed E-state index contributed by atoms with van der Waals surface area (Å²) in [5, 5.41) is 21.2. The topological polar surface area (TPSA) is 77.2 Å². The first-order valence-electron chi connectivity index (χ1n) is 46.0. The van der Waals surface area contributed by atoms with Gasteiger partial charge < -0.3 is 40.5 Å². The van der Waals surface area contributed by atoms with Gasteiger partial charge in [0.1, 0.15) is 44.7 Å². The van der Waals surface area contributed by atoms with Crippen LogP contribution >= 0.6 is 0 Å². The van der Waals surface area contributed by atoms with E-state index >= 15 is 0 Å². The summed E-state index contributed by atoms with van der Waals surface area (Å²) in [7, 11) is 0. The Morgan fingerprint density at radius 1 is 0.104 bits per heavy atom. The quantitative estimate of drug-likeness (QED) is 0.137. The highest BCUT2D eigenvalue weighted by Crippen LogP contribution is 2.47. The second-order valence-electron chi connectivity index (χ2n) is 35.8. The molecule has 9 aromatic heterocycles. The van der Waals surface area contributed by atoms with Gasteiger partial charge in [0.25, 0.3) is 0 Å². The lowest BCUT2D eigenvalue weighted by Gasteiger charge is -2.14. The Balaban J connectivity index is 0.000000132. The summed E-state index contributed by atoms with van der Waals surface area (Å²) in [6, 6.07) is 164. The Morgan fingerprint density at radius 3 is 0.481 bits per heavy atom. The van der Waals surface area contributed by atoms with E-state index in [9.17, 15) is 0 Å². The molecule has 0 N–H and O–H groups in total. The molecule has 21 aromatic carbocycles. The zero-order chi connectivity index (χ0) is 88.2. The molecule has 30 rings (SSSR count). The van der Waals surface area contributed by atoms with E-state index in [0.717, 1.165) is 172 Å². The van der Waals surface area contributed by atoms with E-state index in [1.54, 1.807) is 0 Å². The number of nitrogens with zero attached hydrogens (tertiary/aromatic N) is 5. The van der Waals surface area contributed by atoms with E-state index in [2.05, 4.69) is 478 Å². The normalized spacial score (nSPS) is 12.1. The minimum absolute atomic E-state index is 0.861. The lowest BCUT2D eigenvalue weighted by Crippen LogP contribution is -1.96. The number of benzene rings is 21. The lowest BCUT2D eigenvalue weighted by atomic mass is 9.95. The third-order valence-corrected chi connectivity index (χ3v) is 28.3. The summed E-state index contributed by atoms with van der Waals surface area (Å²) in [6.07, 6.45) is 0. The van der Waals surface area contributed by atoms with E-state index in [0.29, 0.717) is 0 Å². The molecule has 0 spiro atoms. The van der Waals surface area contributed by atoms with Crippen molar-refractivity contribution in [2.75, 3.05) is 0 Å². The van der Waals surface area contributed by atoms with E-state index in [1.165, 1.54) is 109 Å². The van der Waals surface area contributed by atoms with Crippen LogP contribution < -0.4 is 0 Å². The molecular formula is C126H75N5O4. The molecular weight excluding hydrogens is 1650 g/mol. The Morgan fingerprint density at radius 2 is 0.267 bits per heavy atom. The van der Waals surface area contributed by atoms with Gasteiger partial charge in [-0.3, -0.25) is 0 Å². The largest absolute Gasteiger partial charge is 0.456 e. The van der Waals surface area contributed by atoms with E-state index in [4.69, 9.17) is 17.7 Å².